The van der Waals surface area contributed by atoms with Crippen LogP contribution in [0.2, 0.25) is 0 Å². The average Bonchev–Trinajstić information content (AvgIpc) is 2.86. The molecular weight excluding hydrogens is 272 g/mol. The topological polar surface area (TPSA) is 78.9 Å². The summed E-state index contributed by atoms with van der Waals surface area (Å²) in [5.41, 5.74) is 1.92. The number of fused-ring (bicyclic) bond motifs is 1. The number of urea groups is 1. The van der Waals surface area contributed by atoms with Gasteiger partial charge in [-0.1, -0.05) is 0 Å². The Labute approximate surface area is 123 Å². The molecule has 2 rings (SSSR count). The highest BCUT2D eigenvalue weighted by atomic mass is 16.5. The average molecular weight is 292 g/mol. The molecule has 114 valence electrons. The maximum atomic E-state index is 12.1. The molecule has 0 bridgehead atoms. The zero-order valence-electron chi connectivity index (χ0n) is 12.3. The van der Waals surface area contributed by atoms with E-state index in [1.54, 1.807) is 17.0 Å². The standard InChI is InChI=1S/C15H20N2O4/c1-10(2)21-8-6-16-15(20)17-7-5-11-9-12(14(18)19)3-4-13(11)17/h3-4,9-10H,5-8H2,1-2H3,(H,16,20)(H,18,19). The van der Waals surface area contributed by atoms with Gasteiger partial charge in [0.25, 0.3) is 0 Å². The summed E-state index contributed by atoms with van der Waals surface area (Å²) in [6.07, 6.45) is 0.815. The molecule has 0 spiro atoms. The van der Waals surface area contributed by atoms with Gasteiger partial charge in [0, 0.05) is 18.8 Å². The van der Waals surface area contributed by atoms with Crippen molar-refractivity contribution in [1.82, 2.24) is 5.32 Å². The number of aromatic carboxylic acids is 1. The van der Waals surface area contributed by atoms with E-state index in [1.807, 2.05) is 13.8 Å². The first kappa shape index (κ1) is 15.3. The van der Waals surface area contributed by atoms with Crippen molar-refractivity contribution in [2.45, 2.75) is 26.4 Å². The zero-order chi connectivity index (χ0) is 15.4. The number of nitrogens with one attached hydrogen (secondary N) is 1. The summed E-state index contributed by atoms with van der Waals surface area (Å²) in [7, 11) is 0. The largest absolute Gasteiger partial charge is 0.478 e. The van der Waals surface area contributed by atoms with Gasteiger partial charge in [0.15, 0.2) is 0 Å². The predicted octanol–water partition coefficient (Wildman–Crippen LogP) is 1.88. The number of ether oxygens (including phenoxy) is 1. The van der Waals surface area contributed by atoms with Crippen LogP contribution < -0.4 is 10.2 Å². The lowest BCUT2D eigenvalue weighted by atomic mass is 10.1. The molecule has 1 aliphatic rings. The van der Waals surface area contributed by atoms with Crippen molar-refractivity contribution in [3.05, 3.63) is 29.3 Å². The Balaban J connectivity index is 1.95. The molecule has 1 aromatic carbocycles. The lowest BCUT2D eigenvalue weighted by molar-refractivity contribution is 0.0696. The fourth-order valence-electron chi connectivity index (χ4n) is 2.29. The highest BCUT2D eigenvalue weighted by Gasteiger charge is 2.25. The summed E-state index contributed by atoms with van der Waals surface area (Å²) in [5.74, 6) is -0.952. The van der Waals surface area contributed by atoms with Crippen molar-refractivity contribution in [1.29, 1.82) is 0 Å². The minimum absolute atomic E-state index is 0.142. The summed E-state index contributed by atoms with van der Waals surface area (Å²) >= 11 is 0. The van der Waals surface area contributed by atoms with Crippen LogP contribution in [0.25, 0.3) is 0 Å². The first-order chi connectivity index (χ1) is 9.99. The number of hydrogen-bond donors (Lipinski definition) is 2. The molecule has 6 heteroatoms. The van der Waals surface area contributed by atoms with Gasteiger partial charge in [-0.2, -0.15) is 0 Å². The van der Waals surface area contributed by atoms with Crippen molar-refractivity contribution >= 4 is 17.7 Å². The number of anilines is 1. The lowest BCUT2D eigenvalue weighted by Gasteiger charge is -2.18. The van der Waals surface area contributed by atoms with Gasteiger partial charge in [-0.25, -0.2) is 9.59 Å². The summed E-state index contributed by atoms with van der Waals surface area (Å²) in [5, 5.41) is 11.8. The van der Waals surface area contributed by atoms with E-state index in [4.69, 9.17) is 9.84 Å². The summed E-state index contributed by atoms with van der Waals surface area (Å²) in [6.45, 7) is 5.38. The van der Waals surface area contributed by atoms with Crippen LogP contribution in [0.5, 0.6) is 0 Å². The Hall–Kier alpha value is -2.08. The van der Waals surface area contributed by atoms with Crippen molar-refractivity contribution in [2.24, 2.45) is 0 Å². The molecule has 0 radical (unpaired) electrons. The van der Waals surface area contributed by atoms with Crippen LogP contribution in [0.1, 0.15) is 29.8 Å². The first-order valence-electron chi connectivity index (χ1n) is 7.02. The third-order valence-electron chi connectivity index (χ3n) is 3.30. The van der Waals surface area contributed by atoms with Gasteiger partial charge in [0.05, 0.1) is 18.3 Å². The monoisotopic (exact) mass is 292 g/mol. The van der Waals surface area contributed by atoms with E-state index in [0.29, 0.717) is 26.1 Å². The molecule has 0 saturated carbocycles. The first-order valence-corrected chi connectivity index (χ1v) is 7.02. The van der Waals surface area contributed by atoms with E-state index < -0.39 is 5.97 Å². The van der Waals surface area contributed by atoms with E-state index >= 15 is 0 Å². The second kappa shape index (κ2) is 6.58. The van der Waals surface area contributed by atoms with Gasteiger partial charge in [-0.15, -0.1) is 0 Å². The molecule has 6 nitrogen and oxygen atoms in total. The normalized spacial score (nSPS) is 13.4. The van der Waals surface area contributed by atoms with Gasteiger partial charge < -0.3 is 15.2 Å². The van der Waals surface area contributed by atoms with Crippen LogP contribution in [-0.4, -0.2) is 42.9 Å². The number of carbonyl (C=O) groups excluding carboxylic acids is 1. The second-order valence-corrected chi connectivity index (χ2v) is 5.20. The molecule has 21 heavy (non-hydrogen) atoms. The van der Waals surface area contributed by atoms with E-state index in [2.05, 4.69) is 5.32 Å². The molecule has 0 fully saturated rings. The highest BCUT2D eigenvalue weighted by Crippen LogP contribution is 2.28. The Morgan fingerprint density at radius 2 is 2.19 bits per heavy atom. The zero-order valence-corrected chi connectivity index (χ0v) is 12.3. The molecule has 0 saturated heterocycles. The number of carboxylic acid groups (broad SMARTS) is 1. The van der Waals surface area contributed by atoms with E-state index in [0.717, 1.165) is 11.3 Å². The summed E-state index contributed by atoms with van der Waals surface area (Å²) < 4.78 is 5.37. The van der Waals surface area contributed by atoms with Crippen LogP contribution in [-0.2, 0) is 11.2 Å². The van der Waals surface area contributed by atoms with E-state index in [1.165, 1.54) is 6.07 Å². The number of benzene rings is 1. The molecule has 1 heterocycles. The van der Waals surface area contributed by atoms with E-state index in [9.17, 15) is 9.59 Å². The number of nitrogens with zero attached hydrogens (tertiary/aromatic N) is 1. The molecule has 0 aliphatic carbocycles. The third-order valence-corrected chi connectivity index (χ3v) is 3.30. The Kier molecular flexibility index (Phi) is 4.80. The summed E-state index contributed by atoms with van der Waals surface area (Å²) in [6, 6.07) is 4.67. The van der Waals surface area contributed by atoms with Crippen molar-refractivity contribution in [3.63, 3.8) is 0 Å². The van der Waals surface area contributed by atoms with Gasteiger partial charge in [-0.05, 0) is 44.0 Å². The predicted molar refractivity (Wildman–Crippen MR) is 78.9 cm³/mol. The smallest absolute Gasteiger partial charge is 0.335 e. The number of carbonyl (C=O) groups is 2. The second-order valence-electron chi connectivity index (χ2n) is 5.20. The molecule has 1 aromatic rings. The van der Waals surface area contributed by atoms with Crippen LogP contribution in [0, 0.1) is 0 Å². The number of amides is 2. The molecule has 0 unspecified atom stereocenters. The SMILES string of the molecule is CC(C)OCCNC(=O)N1CCc2cc(C(=O)O)ccc21. The Bertz CT molecular complexity index is 542. The molecule has 1 aliphatic heterocycles. The van der Waals surface area contributed by atoms with Crippen molar-refractivity contribution in [2.75, 3.05) is 24.6 Å². The minimum atomic E-state index is -0.952. The fourth-order valence-corrected chi connectivity index (χ4v) is 2.29. The van der Waals surface area contributed by atoms with Crippen LogP contribution in [0.3, 0.4) is 0 Å². The fraction of sp³-hybridized carbons (Fsp3) is 0.467. The van der Waals surface area contributed by atoms with Crippen LogP contribution in [0.15, 0.2) is 18.2 Å². The lowest BCUT2D eigenvalue weighted by Crippen LogP contribution is -2.40. The van der Waals surface area contributed by atoms with Gasteiger partial charge in [-0.3, -0.25) is 4.90 Å². The van der Waals surface area contributed by atoms with Crippen LogP contribution in [0.4, 0.5) is 10.5 Å². The van der Waals surface area contributed by atoms with Gasteiger partial charge in [0.2, 0.25) is 0 Å². The maximum Gasteiger partial charge on any atom is 0.335 e. The number of rotatable bonds is 5. The number of hydrogen-bond acceptors (Lipinski definition) is 3. The quantitative estimate of drug-likeness (QED) is 0.812. The Morgan fingerprint density at radius 3 is 2.86 bits per heavy atom. The minimum Gasteiger partial charge on any atom is -0.478 e. The van der Waals surface area contributed by atoms with Crippen LogP contribution >= 0.6 is 0 Å². The molecule has 0 atom stereocenters. The van der Waals surface area contributed by atoms with Crippen molar-refractivity contribution < 1.29 is 19.4 Å². The molecule has 0 aromatic heterocycles. The van der Waals surface area contributed by atoms with Crippen molar-refractivity contribution in [3.8, 4) is 0 Å². The maximum absolute atomic E-state index is 12.1. The van der Waals surface area contributed by atoms with Gasteiger partial charge in [0.1, 0.15) is 0 Å². The summed E-state index contributed by atoms with van der Waals surface area (Å²) in [4.78, 5) is 24.7. The highest BCUT2D eigenvalue weighted by molar-refractivity contribution is 5.96. The Morgan fingerprint density at radius 1 is 1.43 bits per heavy atom. The molecule has 2 amide bonds. The third kappa shape index (κ3) is 3.72. The molecular formula is C15H20N2O4. The number of carboxylic acids is 1. The van der Waals surface area contributed by atoms with E-state index in [-0.39, 0.29) is 17.7 Å². The molecule has 2 N–H and O–H groups in total. The van der Waals surface area contributed by atoms with Gasteiger partial charge >= 0.3 is 12.0 Å².